The Morgan fingerprint density at radius 1 is 0.538 bits per heavy atom. The minimum Gasteiger partial charge on any atom is -0.300 e. The topological polar surface area (TPSA) is 51.2 Å². The summed E-state index contributed by atoms with van der Waals surface area (Å²) in [6.45, 7) is 9.17. The molecule has 13 heavy (non-hydrogen) atoms. The van der Waals surface area contributed by atoms with E-state index in [1.54, 1.807) is 0 Å². The standard InChI is InChI=1S/3C3H6O.In/c3*1-3(2)4;/h3*1-2H3;. The molecule has 4 heteroatoms. The Hall–Kier alpha value is -0.120. The second kappa shape index (κ2) is 17.8. The van der Waals surface area contributed by atoms with Crippen LogP contribution in [0.5, 0.6) is 0 Å². The van der Waals surface area contributed by atoms with Gasteiger partial charge >= 0.3 is 0 Å². The van der Waals surface area contributed by atoms with Crippen LogP contribution in [0.15, 0.2) is 0 Å². The summed E-state index contributed by atoms with van der Waals surface area (Å²) in [7, 11) is 0. The Labute approximate surface area is 99.1 Å². The van der Waals surface area contributed by atoms with E-state index in [1.807, 2.05) is 0 Å². The fraction of sp³-hybridized carbons (Fsp3) is 0.667. The molecular formula is C9H18InO3. The normalized spacial score (nSPS) is 6.00. The first kappa shape index (κ1) is 23.1. The SMILES string of the molecule is CC(C)=O.CC(C)=O.CC(C)=O.[In]. The summed E-state index contributed by atoms with van der Waals surface area (Å²) in [4.78, 5) is 28.3. The predicted octanol–water partition coefficient (Wildman–Crippen LogP) is 1.41. The number of Topliss-reactive ketones (excluding diaryl/α,β-unsaturated/α-hetero) is 3. The van der Waals surface area contributed by atoms with Gasteiger partial charge in [0.05, 0.1) is 0 Å². The molecular weight excluding hydrogens is 271 g/mol. The van der Waals surface area contributed by atoms with E-state index in [4.69, 9.17) is 0 Å². The van der Waals surface area contributed by atoms with Gasteiger partial charge in [-0.15, -0.1) is 0 Å². The van der Waals surface area contributed by atoms with Crippen LogP contribution < -0.4 is 0 Å². The minimum absolute atomic E-state index is 0. The molecule has 0 N–H and O–H groups in total. The molecule has 75 valence electrons. The first-order valence-electron chi connectivity index (χ1n) is 3.61. The molecule has 0 rings (SSSR count). The van der Waals surface area contributed by atoms with Crippen molar-refractivity contribution in [2.45, 2.75) is 41.5 Å². The quantitative estimate of drug-likeness (QED) is 0.677. The Balaban J connectivity index is -0.0000000450. The Morgan fingerprint density at radius 2 is 0.538 bits per heavy atom. The summed E-state index contributed by atoms with van der Waals surface area (Å²) in [5, 5.41) is 0. The smallest absolute Gasteiger partial charge is 0.126 e. The van der Waals surface area contributed by atoms with Crippen molar-refractivity contribution in [2.24, 2.45) is 0 Å². The molecule has 0 spiro atoms. The van der Waals surface area contributed by atoms with Crippen LogP contribution in [0.2, 0.25) is 0 Å². The van der Waals surface area contributed by atoms with Crippen molar-refractivity contribution < 1.29 is 14.4 Å². The minimum atomic E-state index is 0. The van der Waals surface area contributed by atoms with E-state index in [9.17, 15) is 14.4 Å². The molecule has 0 amide bonds. The van der Waals surface area contributed by atoms with Gasteiger partial charge in [-0.25, -0.2) is 0 Å². The van der Waals surface area contributed by atoms with Gasteiger partial charge in [0.25, 0.3) is 0 Å². The molecule has 0 aliphatic heterocycles. The molecule has 0 unspecified atom stereocenters. The van der Waals surface area contributed by atoms with Crippen molar-refractivity contribution in [1.29, 1.82) is 0 Å². The average Bonchev–Trinajstić information content (AvgIpc) is 1.54. The van der Waals surface area contributed by atoms with E-state index < -0.39 is 0 Å². The molecule has 0 bridgehead atoms. The summed E-state index contributed by atoms with van der Waals surface area (Å²) in [6, 6.07) is 0. The summed E-state index contributed by atoms with van der Waals surface area (Å²) >= 11 is 0. The van der Waals surface area contributed by atoms with Gasteiger partial charge in [-0.3, -0.25) is 0 Å². The zero-order valence-electron chi connectivity index (χ0n) is 9.30. The van der Waals surface area contributed by atoms with Gasteiger partial charge in [0.15, 0.2) is 0 Å². The molecule has 0 aliphatic carbocycles. The van der Waals surface area contributed by atoms with Crippen LogP contribution in [-0.4, -0.2) is 43.2 Å². The van der Waals surface area contributed by atoms with Gasteiger partial charge < -0.3 is 14.4 Å². The maximum absolute atomic E-state index is 9.44. The third-order valence-corrected chi connectivity index (χ3v) is 0. The van der Waals surface area contributed by atoms with Crippen LogP contribution >= 0.6 is 0 Å². The van der Waals surface area contributed by atoms with E-state index in [1.165, 1.54) is 41.5 Å². The van der Waals surface area contributed by atoms with Crippen molar-refractivity contribution in [1.82, 2.24) is 0 Å². The Kier molecular flexibility index (Phi) is 31.6. The molecule has 0 saturated heterocycles. The predicted molar refractivity (Wildman–Crippen MR) is 54.8 cm³/mol. The summed E-state index contributed by atoms with van der Waals surface area (Å²) in [5.74, 6) is 0.500. The molecule has 0 aromatic carbocycles. The second-order valence-corrected chi connectivity index (χ2v) is 2.72. The van der Waals surface area contributed by atoms with E-state index in [0.717, 1.165) is 0 Å². The molecule has 0 fully saturated rings. The number of rotatable bonds is 0. The zero-order valence-corrected chi connectivity index (χ0v) is 12.6. The largest absolute Gasteiger partial charge is 0.300 e. The first-order valence-corrected chi connectivity index (χ1v) is 3.61. The maximum atomic E-state index is 9.44. The van der Waals surface area contributed by atoms with E-state index in [-0.39, 0.29) is 43.2 Å². The number of carbonyl (C=O) groups is 3. The number of carbonyl (C=O) groups excluding carboxylic acids is 3. The Morgan fingerprint density at radius 3 is 0.538 bits per heavy atom. The Bertz CT molecular complexity index is 112. The summed E-state index contributed by atoms with van der Waals surface area (Å²) in [6.07, 6.45) is 0. The van der Waals surface area contributed by atoms with Crippen LogP contribution in [0.1, 0.15) is 41.5 Å². The van der Waals surface area contributed by atoms with Crippen molar-refractivity contribution >= 4 is 43.2 Å². The zero-order chi connectivity index (χ0) is 10.7. The van der Waals surface area contributed by atoms with Gasteiger partial charge in [0.2, 0.25) is 0 Å². The fourth-order valence-electron chi connectivity index (χ4n) is 0. The van der Waals surface area contributed by atoms with E-state index in [2.05, 4.69) is 0 Å². The third-order valence-electron chi connectivity index (χ3n) is 0. The maximum Gasteiger partial charge on any atom is 0.126 e. The van der Waals surface area contributed by atoms with Crippen LogP contribution in [0.4, 0.5) is 0 Å². The molecule has 3 radical (unpaired) electrons. The average molecular weight is 289 g/mol. The number of hydrogen-bond donors (Lipinski definition) is 0. The van der Waals surface area contributed by atoms with Crippen LogP contribution in [0, 0.1) is 0 Å². The molecule has 0 aromatic rings. The van der Waals surface area contributed by atoms with Gasteiger partial charge in [-0.2, -0.15) is 0 Å². The van der Waals surface area contributed by atoms with Gasteiger partial charge in [0, 0.05) is 25.8 Å². The van der Waals surface area contributed by atoms with Crippen LogP contribution in [0.3, 0.4) is 0 Å². The molecule has 0 atom stereocenters. The molecule has 0 saturated carbocycles. The molecule has 0 aliphatic rings. The van der Waals surface area contributed by atoms with Gasteiger partial charge in [0.1, 0.15) is 17.3 Å². The molecule has 0 heterocycles. The molecule has 3 nitrogen and oxygen atoms in total. The second-order valence-electron chi connectivity index (χ2n) is 2.72. The van der Waals surface area contributed by atoms with Crippen molar-refractivity contribution in [3.63, 3.8) is 0 Å². The first-order chi connectivity index (χ1) is 5.20. The molecule has 0 aromatic heterocycles. The summed E-state index contributed by atoms with van der Waals surface area (Å²) in [5.41, 5.74) is 0. The van der Waals surface area contributed by atoms with Crippen LogP contribution in [-0.2, 0) is 14.4 Å². The number of ketones is 3. The third kappa shape index (κ3) is 80700. The summed E-state index contributed by atoms with van der Waals surface area (Å²) < 4.78 is 0. The van der Waals surface area contributed by atoms with Crippen molar-refractivity contribution in [3.8, 4) is 0 Å². The number of hydrogen-bond acceptors (Lipinski definition) is 3. The van der Waals surface area contributed by atoms with Crippen molar-refractivity contribution in [2.75, 3.05) is 0 Å². The van der Waals surface area contributed by atoms with Gasteiger partial charge in [-0.1, -0.05) is 0 Å². The van der Waals surface area contributed by atoms with Crippen molar-refractivity contribution in [3.05, 3.63) is 0 Å². The monoisotopic (exact) mass is 289 g/mol. The fourth-order valence-corrected chi connectivity index (χ4v) is 0. The van der Waals surface area contributed by atoms with E-state index in [0.29, 0.717) is 0 Å². The van der Waals surface area contributed by atoms with Crippen LogP contribution in [0.25, 0.3) is 0 Å². The van der Waals surface area contributed by atoms with E-state index >= 15 is 0 Å². The van der Waals surface area contributed by atoms with Gasteiger partial charge in [-0.05, 0) is 41.5 Å².